The Morgan fingerprint density at radius 3 is 2.39 bits per heavy atom. The lowest BCUT2D eigenvalue weighted by molar-refractivity contribution is 0.0608. The predicted octanol–water partition coefficient (Wildman–Crippen LogP) is 4.43. The van der Waals surface area contributed by atoms with Gasteiger partial charge in [0.05, 0.1) is 4.90 Å². The second-order valence-corrected chi connectivity index (χ2v) is 9.37. The molecule has 0 aliphatic rings. The molecule has 0 unspecified atom stereocenters. The fourth-order valence-electron chi connectivity index (χ4n) is 2.54. The van der Waals surface area contributed by atoms with Crippen molar-refractivity contribution < 1.29 is 17.9 Å². The number of fused-ring (bicyclic) bond motifs is 1. The van der Waals surface area contributed by atoms with Crippen LogP contribution in [0.4, 0.5) is 10.6 Å². The lowest BCUT2D eigenvalue weighted by Gasteiger charge is -2.25. The van der Waals surface area contributed by atoms with Crippen molar-refractivity contribution in [1.29, 1.82) is 0 Å². The third-order valence-electron chi connectivity index (χ3n) is 3.72. The number of hydrogen-bond acceptors (Lipinski definition) is 5. The number of halogens is 1. The van der Waals surface area contributed by atoms with Crippen LogP contribution in [0.1, 0.15) is 26.3 Å². The SMILES string of the molecule is Cc1ccc2nc(N(C(=O)OC(C)(C)C)S(=O)(=O)c3ccccc3)c(Cl)n2c1. The van der Waals surface area contributed by atoms with Gasteiger partial charge in [0.2, 0.25) is 0 Å². The van der Waals surface area contributed by atoms with Gasteiger partial charge >= 0.3 is 6.09 Å². The van der Waals surface area contributed by atoms with Gasteiger partial charge < -0.3 is 4.74 Å². The van der Waals surface area contributed by atoms with Gasteiger partial charge in [-0.05, 0) is 51.5 Å². The minimum atomic E-state index is -4.31. The fourth-order valence-corrected chi connectivity index (χ4v) is 4.15. The number of rotatable bonds is 3. The number of nitrogens with zero attached hydrogens (tertiary/aromatic N) is 3. The molecule has 0 spiro atoms. The average Bonchev–Trinajstić information content (AvgIpc) is 2.90. The quantitative estimate of drug-likeness (QED) is 0.625. The number of imidazole rings is 1. The number of ether oxygens (including phenoxy) is 1. The van der Waals surface area contributed by atoms with E-state index < -0.39 is 21.7 Å². The van der Waals surface area contributed by atoms with Crippen LogP contribution in [0.2, 0.25) is 5.15 Å². The largest absolute Gasteiger partial charge is 0.443 e. The number of hydrogen-bond donors (Lipinski definition) is 0. The number of pyridine rings is 1. The lowest BCUT2D eigenvalue weighted by Crippen LogP contribution is -2.41. The van der Waals surface area contributed by atoms with Gasteiger partial charge in [-0.25, -0.2) is 18.2 Å². The summed E-state index contributed by atoms with van der Waals surface area (Å²) in [6, 6.07) is 11.1. The predicted molar refractivity (Wildman–Crippen MR) is 107 cm³/mol. The van der Waals surface area contributed by atoms with Crippen LogP contribution in [0, 0.1) is 6.92 Å². The molecule has 9 heteroatoms. The van der Waals surface area contributed by atoms with E-state index in [0.717, 1.165) is 5.56 Å². The van der Waals surface area contributed by atoms with Gasteiger partial charge in [-0.2, -0.15) is 0 Å². The average molecular weight is 422 g/mol. The van der Waals surface area contributed by atoms with Gasteiger partial charge in [0.1, 0.15) is 11.2 Å². The summed E-state index contributed by atoms with van der Waals surface area (Å²) in [6.45, 7) is 6.80. The van der Waals surface area contributed by atoms with Crippen LogP contribution in [-0.2, 0) is 14.8 Å². The first kappa shape index (κ1) is 20.2. The molecule has 0 saturated carbocycles. The summed E-state index contributed by atoms with van der Waals surface area (Å²) >= 11 is 6.42. The third kappa shape index (κ3) is 3.83. The standard InChI is InChI=1S/C19H20ClN3O4S/c1-13-10-11-15-21-17(16(20)22(15)12-13)23(18(24)27-19(2,3)4)28(25,26)14-8-6-5-7-9-14/h5-12H,1-4H3. The molecule has 3 aromatic rings. The summed E-state index contributed by atoms with van der Waals surface area (Å²) in [6.07, 6.45) is 0.620. The molecule has 0 radical (unpaired) electrons. The van der Waals surface area contributed by atoms with E-state index in [-0.39, 0.29) is 15.9 Å². The van der Waals surface area contributed by atoms with Gasteiger partial charge in [-0.1, -0.05) is 35.9 Å². The first-order chi connectivity index (χ1) is 13.0. The molecule has 2 aromatic heterocycles. The topological polar surface area (TPSA) is 81.0 Å². The lowest BCUT2D eigenvalue weighted by atomic mass is 10.2. The van der Waals surface area contributed by atoms with Gasteiger partial charge in [-0.3, -0.25) is 4.40 Å². The molecule has 148 valence electrons. The first-order valence-corrected chi connectivity index (χ1v) is 10.3. The van der Waals surface area contributed by atoms with E-state index in [9.17, 15) is 13.2 Å². The summed E-state index contributed by atoms with van der Waals surface area (Å²) < 4.78 is 33.9. The summed E-state index contributed by atoms with van der Waals surface area (Å²) in [5.41, 5.74) is 0.388. The molecule has 7 nitrogen and oxygen atoms in total. The van der Waals surface area contributed by atoms with E-state index in [2.05, 4.69) is 4.98 Å². The molecule has 28 heavy (non-hydrogen) atoms. The van der Waals surface area contributed by atoms with Crippen LogP contribution in [-0.4, -0.2) is 29.5 Å². The monoisotopic (exact) mass is 421 g/mol. The third-order valence-corrected chi connectivity index (χ3v) is 5.75. The summed E-state index contributed by atoms with van der Waals surface area (Å²) in [5, 5.41) is -0.0101. The Kier molecular flexibility index (Phi) is 5.12. The highest BCUT2D eigenvalue weighted by molar-refractivity contribution is 7.93. The minimum Gasteiger partial charge on any atom is -0.443 e. The van der Waals surface area contributed by atoms with Gasteiger partial charge in [0.15, 0.2) is 11.0 Å². The van der Waals surface area contributed by atoms with Crippen molar-refractivity contribution in [3.05, 3.63) is 59.4 Å². The van der Waals surface area contributed by atoms with Crippen molar-refractivity contribution in [2.75, 3.05) is 4.31 Å². The highest BCUT2D eigenvalue weighted by atomic mass is 35.5. The fraction of sp³-hybridized carbons (Fsp3) is 0.263. The van der Waals surface area contributed by atoms with Crippen molar-refractivity contribution >= 4 is 39.2 Å². The van der Waals surface area contributed by atoms with E-state index in [1.165, 1.54) is 16.5 Å². The zero-order chi connectivity index (χ0) is 20.7. The molecule has 0 atom stereocenters. The number of sulfonamides is 1. The van der Waals surface area contributed by atoms with Crippen LogP contribution in [0.5, 0.6) is 0 Å². The number of carbonyl (C=O) groups is 1. The van der Waals surface area contributed by atoms with Crippen LogP contribution >= 0.6 is 11.6 Å². The maximum Gasteiger partial charge on any atom is 0.430 e. The normalized spacial score (nSPS) is 12.2. The Morgan fingerprint density at radius 1 is 1.14 bits per heavy atom. The van der Waals surface area contributed by atoms with E-state index >= 15 is 0 Å². The van der Waals surface area contributed by atoms with Crippen molar-refractivity contribution in [2.45, 2.75) is 38.2 Å². The second-order valence-electron chi connectivity index (χ2n) is 7.22. The van der Waals surface area contributed by atoms with Crippen molar-refractivity contribution in [2.24, 2.45) is 0 Å². The van der Waals surface area contributed by atoms with Crippen LogP contribution < -0.4 is 4.31 Å². The zero-order valence-corrected chi connectivity index (χ0v) is 17.5. The highest BCUT2D eigenvalue weighted by Gasteiger charge is 2.38. The van der Waals surface area contributed by atoms with E-state index in [1.54, 1.807) is 51.2 Å². The Labute approximate surface area is 168 Å². The van der Waals surface area contributed by atoms with E-state index in [4.69, 9.17) is 16.3 Å². The van der Waals surface area contributed by atoms with Gasteiger partial charge in [0.25, 0.3) is 10.0 Å². The molecule has 0 N–H and O–H groups in total. The van der Waals surface area contributed by atoms with Gasteiger partial charge in [-0.15, -0.1) is 4.31 Å². The molecule has 0 bridgehead atoms. The highest BCUT2D eigenvalue weighted by Crippen LogP contribution is 2.32. The second kappa shape index (κ2) is 7.10. The zero-order valence-electron chi connectivity index (χ0n) is 15.9. The number of amides is 1. The molecule has 2 heterocycles. The Morgan fingerprint density at radius 2 is 1.79 bits per heavy atom. The maximum absolute atomic E-state index is 13.3. The molecule has 1 aromatic carbocycles. The van der Waals surface area contributed by atoms with Crippen LogP contribution in [0.3, 0.4) is 0 Å². The van der Waals surface area contributed by atoms with Crippen molar-refractivity contribution in [3.63, 3.8) is 0 Å². The molecule has 0 aliphatic heterocycles. The van der Waals surface area contributed by atoms with Gasteiger partial charge in [0, 0.05) is 6.20 Å². The summed E-state index contributed by atoms with van der Waals surface area (Å²) in [4.78, 5) is 17.1. The number of benzene rings is 1. The molecular formula is C19H20ClN3O4S. The summed E-state index contributed by atoms with van der Waals surface area (Å²) in [7, 11) is -4.31. The molecule has 1 amide bonds. The van der Waals surface area contributed by atoms with Crippen molar-refractivity contribution in [3.8, 4) is 0 Å². The number of aryl methyl sites for hydroxylation is 1. The van der Waals surface area contributed by atoms with Crippen LogP contribution in [0.25, 0.3) is 5.65 Å². The Hall–Kier alpha value is -2.58. The maximum atomic E-state index is 13.3. The minimum absolute atomic E-state index is 0.0101. The van der Waals surface area contributed by atoms with Crippen LogP contribution in [0.15, 0.2) is 53.6 Å². The smallest absolute Gasteiger partial charge is 0.430 e. The van der Waals surface area contributed by atoms with E-state index in [1.807, 2.05) is 13.0 Å². The Balaban J connectivity index is 2.23. The number of anilines is 1. The van der Waals surface area contributed by atoms with Crippen molar-refractivity contribution in [1.82, 2.24) is 9.38 Å². The number of aromatic nitrogens is 2. The number of carbonyl (C=O) groups excluding carboxylic acids is 1. The first-order valence-electron chi connectivity index (χ1n) is 8.48. The molecule has 3 rings (SSSR count). The van der Waals surface area contributed by atoms with E-state index in [0.29, 0.717) is 9.95 Å². The molecular weight excluding hydrogens is 402 g/mol. The Bertz CT molecular complexity index is 1140. The molecule has 0 saturated heterocycles. The molecule has 0 aliphatic carbocycles. The molecule has 0 fully saturated rings. The summed E-state index contributed by atoms with van der Waals surface area (Å²) in [5.74, 6) is -0.217.